The van der Waals surface area contributed by atoms with Gasteiger partial charge in [0.25, 0.3) is 0 Å². The second-order valence-corrected chi connectivity index (χ2v) is 7.02. The Bertz CT molecular complexity index is 690. The van der Waals surface area contributed by atoms with Crippen molar-refractivity contribution in [3.8, 4) is 5.75 Å². The van der Waals surface area contributed by atoms with Crippen LogP contribution < -0.4 is 9.64 Å². The quantitative estimate of drug-likeness (QED) is 0.752. The van der Waals surface area contributed by atoms with Crippen LogP contribution in [0.4, 0.5) is 5.69 Å². The van der Waals surface area contributed by atoms with Crippen LogP contribution in [0.2, 0.25) is 0 Å². The second-order valence-electron chi connectivity index (χ2n) is 6.11. The van der Waals surface area contributed by atoms with Gasteiger partial charge in [-0.3, -0.25) is 9.69 Å². The van der Waals surface area contributed by atoms with Gasteiger partial charge >= 0.3 is 0 Å². The number of ether oxygens (including phenoxy) is 1. The fraction of sp³-hybridized carbons (Fsp3) is 0.421. The van der Waals surface area contributed by atoms with Crippen LogP contribution >= 0.6 is 11.3 Å². The largest absolute Gasteiger partial charge is 0.495 e. The van der Waals surface area contributed by atoms with Gasteiger partial charge in [-0.2, -0.15) is 0 Å². The second kappa shape index (κ2) is 7.81. The Kier molecular flexibility index (Phi) is 5.53. The van der Waals surface area contributed by atoms with Gasteiger partial charge in [0.05, 0.1) is 17.7 Å². The first-order chi connectivity index (χ1) is 11.7. The summed E-state index contributed by atoms with van der Waals surface area (Å²) in [5.41, 5.74) is 2.26. The van der Waals surface area contributed by atoms with E-state index in [-0.39, 0.29) is 5.78 Å². The van der Waals surface area contributed by atoms with Crippen molar-refractivity contribution in [1.29, 1.82) is 0 Å². The summed E-state index contributed by atoms with van der Waals surface area (Å²) < 4.78 is 5.46. The molecular formula is C19H24N2O2S. The van der Waals surface area contributed by atoms with E-state index >= 15 is 0 Å². The molecule has 0 aliphatic carbocycles. The van der Waals surface area contributed by atoms with Crippen LogP contribution in [0.3, 0.4) is 0 Å². The summed E-state index contributed by atoms with van der Waals surface area (Å²) in [4.78, 5) is 18.0. The fourth-order valence-corrected chi connectivity index (χ4v) is 4.03. The number of aryl methyl sites for hydroxylation is 1. The summed E-state index contributed by atoms with van der Waals surface area (Å²) in [7, 11) is 1.72. The number of carbonyl (C=O) groups is 1. The zero-order chi connectivity index (χ0) is 16.9. The molecule has 2 aromatic rings. The number of ketones is 1. The van der Waals surface area contributed by atoms with E-state index in [4.69, 9.17) is 4.74 Å². The van der Waals surface area contributed by atoms with E-state index in [9.17, 15) is 4.79 Å². The SMILES string of the molecule is COc1ccccc1N1CCN(CCC(=O)c2sccc2C)CC1. The van der Waals surface area contributed by atoms with Crippen molar-refractivity contribution in [2.75, 3.05) is 44.7 Å². The van der Waals surface area contributed by atoms with Crippen LogP contribution in [0.15, 0.2) is 35.7 Å². The third kappa shape index (κ3) is 3.79. The number of nitrogens with zero attached hydrogens (tertiary/aromatic N) is 2. The highest BCUT2D eigenvalue weighted by Gasteiger charge is 2.20. The molecule has 1 aliphatic heterocycles. The zero-order valence-electron chi connectivity index (χ0n) is 14.3. The Labute approximate surface area is 147 Å². The molecule has 0 amide bonds. The van der Waals surface area contributed by atoms with Crippen molar-refractivity contribution in [3.63, 3.8) is 0 Å². The Balaban J connectivity index is 1.50. The van der Waals surface area contributed by atoms with E-state index in [1.165, 1.54) is 0 Å². The zero-order valence-corrected chi connectivity index (χ0v) is 15.1. The molecule has 0 bridgehead atoms. The molecule has 0 saturated carbocycles. The lowest BCUT2D eigenvalue weighted by Crippen LogP contribution is -2.47. The van der Waals surface area contributed by atoms with Gasteiger partial charge in [0.2, 0.25) is 0 Å². The van der Waals surface area contributed by atoms with Gasteiger partial charge in [-0.1, -0.05) is 12.1 Å². The standard InChI is InChI=1S/C19H24N2O2S/c1-15-8-14-24-19(15)17(22)7-9-20-10-12-21(13-11-20)16-5-3-4-6-18(16)23-2/h3-6,8,14H,7,9-13H2,1-2H3. The molecule has 0 unspecified atom stereocenters. The minimum atomic E-state index is 0.273. The Hall–Kier alpha value is -1.85. The van der Waals surface area contributed by atoms with Gasteiger partial charge in [-0.05, 0) is 36.1 Å². The molecule has 1 aromatic carbocycles. The van der Waals surface area contributed by atoms with Crippen LogP contribution in [0.1, 0.15) is 21.7 Å². The average Bonchev–Trinajstić information content (AvgIpc) is 3.06. The van der Waals surface area contributed by atoms with Crippen LogP contribution in [0, 0.1) is 6.92 Å². The first-order valence-corrected chi connectivity index (χ1v) is 9.24. The number of piperazine rings is 1. The summed E-state index contributed by atoms with van der Waals surface area (Å²) in [6, 6.07) is 10.2. The third-order valence-electron chi connectivity index (χ3n) is 4.57. The molecule has 0 atom stereocenters. The number of thiophene rings is 1. The number of para-hydroxylation sites is 2. The van der Waals surface area contributed by atoms with E-state index < -0.39 is 0 Å². The van der Waals surface area contributed by atoms with Crippen molar-refractivity contribution in [1.82, 2.24) is 4.90 Å². The first-order valence-electron chi connectivity index (χ1n) is 8.36. The molecule has 3 rings (SSSR count). The lowest BCUT2D eigenvalue weighted by Gasteiger charge is -2.36. The first kappa shape index (κ1) is 17.0. The molecule has 1 aromatic heterocycles. The van der Waals surface area contributed by atoms with Gasteiger partial charge in [0.15, 0.2) is 5.78 Å². The van der Waals surface area contributed by atoms with E-state index in [2.05, 4.69) is 15.9 Å². The van der Waals surface area contributed by atoms with E-state index in [0.717, 1.165) is 54.6 Å². The minimum absolute atomic E-state index is 0.273. The maximum Gasteiger partial charge on any atom is 0.174 e. The maximum atomic E-state index is 12.3. The fourth-order valence-electron chi connectivity index (χ4n) is 3.13. The average molecular weight is 344 g/mol. The highest BCUT2D eigenvalue weighted by Crippen LogP contribution is 2.28. The smallest absolute Gasteiger partial charge is 0.174 e. The van der Waals surface area contributed by atoms with Crippen LogP contribution in [-0.4, -0.2) is 50.5 Å². The monoisotopic (exact) mass is 344 g/mol. The molecule has 0 radical (unpaired) electrons. The summed E-state index contributed by atoms with van der Waals surface area (Å²) in [6.07, 6.45) is 0.607. The van der Waals surface area contributed by atoms with Crippen LogP contribution in [0.5, 0.6) is 5.75 Å². The Morgan fingerprint density at radius 1 is 1.17 bits per heavy atom. The number of hydrogen-bond donors (Lipinski definition) is 0. The van der Waals surface area contributed by atoms with E-state index in [1.807, 2.05) is 36.6 Å². The minimum Gasteiger partial charge on any atom is -0.495 e. The van der Waals surface area contributed by atoms with Crippen LogP contribution in [0.25, 0.3) is 0 Å². The predicted molar refractivity (Wildman–Crippen MR) is 99.7 cm³/mol. The highest BCUT2D eigenvalue weighted by atomic mass is 32.1. The summed E-state index contributed by atoms with van der Waals surface area (Å²) in [5, 5.41) is 1.99. The molecule has 128 valence electrons. The number of Topliss-reactive ketones (excluding diaryl/α,β-unsaturated/α-hetero) is 1. The van der Waals surface area contributed by atoms with Crippen LogP contribution in [-0.2, 0) is 0 Å². The number of carbonyl (C=O) groups excluding carboxylic acids is 1. The topological polar surface area (TPSA) is 32.8 Å². The van der Waals surface area contributed by atoms with Gasteiger partial charge in [0.1, 0.15) is 5.75 Å². The molecule has 5 heteroatoms. The van der Waals surface area contributed by atoms with Crippen molar-refractivity contribution in [2.24, 2.45) is 0 Å². The Morgan fingerprint density at radius 2 is 1.92 bits per heavy atom. The third-order valence-corrected chi connectivity index (χ3v) is 5.63. The lowest BCUT2D eigenvalue weighted by atomic mass is 10.1. The predicted octanol–water partition coefficient (Wildman–Crippen LogP) is 3.46. The molecule has 1 aliphatic rings. The van der Waals surface area contributed by atoms with E-state index in [0.29, 0.717) is 6.42 Å². The van der Waals surface area contributed by atoms with Crippen molar-refractivity contribution < 1.29 is 9.53 Å². The molecule has 1 fully saturated rings. The summed E-state index contributed by atoms with van der Waals surface area (Å²) >= 11 is 1.56. The van der Waals surface area contributed by atoms with Crippen molar-refractivity contribution >= 4 is 22.8 Å². The molecule has 4 nitrogen and oxygen atoms in total. The Morgan fingerprint density at radius 3 is 2.58 bits per heavy atom. The molecule has 2 heterocycles. The summed E-state index contributed by atoms with van der Waals surface area (Å²) in [6.45, 7) is 6.74. The lowest BCUT2D eigenvalue weighted by molar-refractivity contribution is 0.0966. The molecule has 0 spiro atoms. The van der Waals surface area contributed by atoms with E-state index in [1.54, 1.807) is 18.4 Å². The van der Waals surface area contributed by atoms with Crippen molar-refractivity contribution in [3.05, 3.63) is 46.2 Å². The number of methoxy groups -OCH3 is 1. The number of rotatable bonds is 6. The molecular weight excluding hydrogens is 320 g/mol. The van der Waals surface area contributed by atoms with Gasteiger partial charge in [-0.15, -0.1) is 11.3 Å². The normalized spacial score (nSPS) is 15.5. The number of hydrogen-bond acceptors (Lipinski definition) is 5. The molecule has 1 saturated heterocycles. The maximum absolute atomic E-state index is 12.3. The van der Waals surface area contributed by atoms with Gasteiger partial charge in [-0.25, -0.2) is 0 Å². The summed E-state index contributed by atoms with van der Waals surface area (Å²) in [5.74, 6) is 1.20. The van der Waals surface area contributed by atoms with Gasteiger partial charge in [0, 0.05) is 39.1 Å². The number of anilines is 1. The molecule has 0 N–H and O–H groups in total. The van der Waals surface area contributed by atoms with Crippen molar-refractivity contribution in [2.45, 2.75) is 13.3 Å². The molecule has 24 heavy (non-hydrogen) atoms. The highest BCUT2D eigenvalue weighted by molar-refractivity contribution is 7.12. The van der Waals surface area contributed by atoms with Gasteiger partial charge < -0.3 is 9.64 Å². The number of benzene rings is 1.